The third kappa shape index (κ3) is 5.65. The number of furan rings is 1. The van der Waals surface area contributed by atoms with Gasteiger partial charge in [-0.3, -0.25) is 0 Å². The van der Waals surface area contributed by atoms with Gasteiger partial charge in [-0.2, -0.15) is 4.68 Å². The number of benzene rings is 2. The summed E-state index contributed by atoms with van der Waals surface area (Å²) in [6.45, 7) is 1.43. The molecule has 0 atom stereocenters. The Kier molecular flexibility index (Phi) is 8.35. The highest BCUT2D eigenvalue weighted by atomic mass is 79.9. The smallest absolute Gasteiger partial charge is 0.214 e. The van der Waals surface area contributed by atoms with Gasteiger partial charge in [0.25, 0.3) is 0 Å². The molecule has 0 fully saturated rings. The van der Waals surface area contributed by atoms with E-state index in [1.165, 1.54) is 0 Å². The van der Waals surface area contributed by atoms with Crippen molar-refractivity contribution in [2.75, 3.05) is 12.3 Å². The third-order valence-electron chi connectivity index (χ3n) is 4.11. The molecule has 2 aromatic carbocycles. The normalized spacial score (nSPS) is 10.7. The Morgan fingerprint density at radius 1 is 1.10 bits per heavy atom. The number of nitrogens with one attached hydrogen (secondary N) is 1. The monoisotopic (exact) mass is 525 g/mol. The number of para-hydroxylation sites is 1. The fourth-order valence-electron chi connectivity index (χ4n) is 2.73. The van der Waals surface area contributed by atoms with E-state index in [0.717, 1.165) is 44.7 Å². The van der Waals surface area contributed by atoms with Crippen molar-refractivity contribution in [3.05, 3.63) is 75.9 Å². The molecule has 156 valence electrons. The highest BCUT2D eigenvalue weighted by molar-refractivity contribution is 9.10. The van der Waals surface area contributed by atoms with Gasteiger partial charge < -0.3 is 9.73 Å². The zero-order valence-corrected chi connectivity index (χ0v) is 19.6. The number of nitrogens with zero attached hydrogens (tertiary/aromatic N) is 4. The van der Waals surface area contributed by atoms with Crippen LogP contribution in [0.15, 0.2) is 74.7 Å². The minimum absolute atomic E-state index is 0. The molecule has 0 aliphatic heterocycles. The second-order valence-electron chi connectivity index (χ2n) is 6.12. The van der Waals surface area contributed by atoms with Gasteiger partial charge in [0, 0.05) is 22.3 Å². The molecule has 1 N–H and O–H groups in total. The van der Waals surface area contributed by atoms with Crippen molar-refractivity contribution in [3.63, 3.8) is 0 Å². The summed E-state index contributed by atoms with van der Waals surface area (Å²) < 4.78 is 8.60. The Morgan fingerprint density at radius 2 is 1.93 bits per heavy atom. The lowest BCUT2D eigenvalue weighted by Gasteiger charge is -2.05. The lowest BCUT2D eigenvalue weighted by atomic mass is 10.2. The topological polar surface area (TPSA) is 68.8 Å². The van der Waals surface area contributed by atoms with Crippen LogP contribution < -0.4 is 5.32 Å². The first kappa shape index (κ1) is 22.8. The number of hydrogen-bond donors (Lipinski definition) is 1. The summed E-state index contributed by atoms with van der Waals surface area (Å²) in [5.41, 5.74) is 1.83. The molecule has 2 aromatic heterocycles. The van der Waals surface area contributed by atoms with Crippen LogP contribution in [0.3, 0.4) is 0 Å². The molecule has 0 radical (unpaired) electrons. The maximum absolute atomic E-state index is 6.30. The van der Waals surface area contributed by atoms with Crippen molar-refractivity contribution in [2.45, 2.75) is 11.7 Å². The van der Waals surface area contributed by atoms with Crippen molar-refractivity contribution >= 4 is 51.7 Å². The van der Waals surface area contributed by atoms with Gasteiger partial charge in [0.15, 0.2) is 0 Å². The maximum atomic E-state index is 6.30. The SMILES string of the molecule is Cl.Clc1cc(Br)ccc1-c1ccc(CNCCSc2nnnn2-c2ccccc2)o1. The van der Waals surface area contributed by atoms with Crippen LogP contribution in [0.4, 0.5) is 0 Å². The van der Waals surface area contributed by atoms with Crippen LogP contribution in [0.1, 0.15) is 5.76 Å². The molecule has 0 saturated heterocycles. The van der Waals surface area contributed by atoms with Crippen molar-refractivity contribution in [2.24, 2.45) is 0 Å². The predicted molar refractivity (Wildman–Crippen MR) is 126 cm³/mol. The fraction of sp³-hybridized carbons (Fsp3) is 0.150. The maximum Gasteiger partial charge on any atom is 0.214 e. The van der Waals surface area contributed by atoms with Crippen LogP contribution in [0.25, 0.3) is 17.0 Å². The highest BCUT2D eigenvalue weighted by Crippen LogP contribution is 2.31. The molecule has 6 nitrogen and oxygen atoms in total. The molecule has 10 heteroatoms. The first-order valence-electron chi connectivity index (χ1n) is 8.92. The predicted octanol–water partition coefficient (Wildman–Crippen LogP) is 5.64. The van der Waals surface area contributed by atoms with Crippen LogP contribution in [0.2, 0.25) is 5.02 Å². The summed E-state index contributed by atoms with van der Waals surface area (Å²) in [7, 11) is 0. The van der Waals surface area contributed by atoms with Gasteiger partial charge in [0.1, 0.15) is 11.5 Å². The molecule has 4 rings (SSSR count). The van der Waals surface area contributed by atoms with Crippen molar-refractivity contribution in [1.82, 2.24) is 25.5 Å². The van der Waals surface area contributed by atoms with Crippen LogP contribution in [0.5, 0.6) is 0 Å². The van der Waals surface area contributed by atoms with Crippen LogP contribution >= 0.6 is 51.7 Å². The molecular formula is C20H18BrCl2N5OS. The van der Waals surface area contributed by atoms with Gasteiger partial charge in [-0.05, 0) is 52.9 Å². The molecule has 30 heavy (non-hydrogen) atoms. The van der Waals surface area contributed by atoms with Gasteiger partial charge in [-0.15, -0.1) is 17.5 Å². The number of thioether (sulfide) groups is 1. The highest BCUT2D eigenvalue weighted by Gasteiger charge is 2.10. The number of aromatic nitrogens is 4. The van der Waals surface area contributed by atoms with E-state index >= 15 is 0 Å². The van der Waals surface area contributed by atoms with Gasteiger partial charge in [-0.25, -0.2) is 0 Å². The summed E-state index contributed by atoms with van der Waals surface area (Å²) in [6.07, 6.45) is 0. The van der Waals surface area contributed by atoms with Crippen molar-refractivity contribution in [3.8, 4) is 17.0 Å². The molecule has 2 heterocycles. The largest absolute Gasteiger partial charge is 0.460 e. The van der Waals surface area contributed by atoms with E-state index in [4.69, 9.17) is 16.0 Å². The van der Waals surface area contributed by atoms with E-state index in [9.17, 15) is 0 Å². The van der Waals surface area contributed by atoms with Gasteiger partial charge in [-0.1, -0.05) is 57.5 Å². The summed E-state index contributed by atoms with van der Waals surface area (Å²) in [5.74, 6) is 2.45. The number of halogens is 3. The molecule has 0 amide bonds. The number of hydrogen-bond acceptors (Lipinski definition) is 6. The molecule has 4 aromatic rings. The molecule has 0 unspecified atom stereocenters. The summed E-state index contributed by atoms with van der Waals surface area (Å²) in [6, 6.07) is 19.5. The van der Waals surface area contributed by atoms with E-state index in [2.05, 4.69) is 36.8 Å². The Hall–Kier alpha value is -1.84. The van der Waals surface area contributed by atoms with Crippen molar-refractivity contribution in [1.29, 1.82) is 0 Å². The van der Waals surface area contributed by atoms with Gasteiger partial charge in [0.05, 0.1) is 17.3 Å². The second kappa shape index (κ2) is 11.0. The lowest BCUT2D eigenvalue weighted by molar-refractivity contribution is 0.499. The summed E-state index contributed by atoms with van der Waals surface area (Å²) in [4.78, 5) is 0. The third-order valence-corrected chi connectivity index (χ3v) is 5.84. The molecule has 0 bridgehead atoms. The van der Waals surface area contributed by atoms with Crippen molar-refractivity contribution < 1.29 is 4.42 Å². The van der Waals surface area contributed by atoms with Crippen LogP contribution in [0, 0.1) is 0 Å². The summed E-state index contributed by atoms with van der Waals surface area (Å²) in [5, 5.41) is 16.7. The quantitative estimate of drug-likeness (QED) is 0.236. The fourth-order valence-corrected chi connectivity index (χ4v) is 4.29. The number of rotatable bonds is 8. The van der Waals surface area contributed by atoms with E-state index in [1.807, 2.05) is 60.7 Å². The Labute approximate surface area is 197 Å². The zero-order chi connectivity index (χ0) is 20.1. The standard InChI is InChI=1S/C20H17BrClN5OS.ClH/c21-14-6-8-17(18(22)12-14)19-9-7-16(28-19)13-23-10-11-29-20-24-25-26-27(20)15-4-2-1-3-5-15;/h1-9,12,23H,10-11,13H2;1H. The minimum Gasteiger partial charge on any atom is -0.460 e. The first-order chi connectivity index (χ1) is 14.2. The summed E-state index contributed by atoms with van der Waals surface area (Å²) >= 11 is 11.3. The first-order valence-corrected chi connectivity index (χ1v) is 11.1. The zero-order valence-electron chi connectivity index (χ0n) is 15.7. The minimum atomic E-state index is 0. The lowest BCUT2D eigenvalue weighted by Crippen LogP contribution is -2.16. The van der Waals surface area contributed by atoms with E-state index in [1.54, 1.807) is 16.4 Å². The second-order valence-corrected chi connectivity index (χ2v) is 8.51. The average Bonchev–Trinajstić information content (AvgIpc) is 3.38. The van der Waals surface area contributed by atoms with Crippen LogP contribution in [-0.2, 0) is 6.54 Å². The number of tetrazole rings is 1. The molecular weight excluding hydrogens is 509 g/mol. The van der Waals surface area contributed by atoms with E-state index in [0.29, 0.717) is 11.6 Å². The van der Waals surface area contributed by atoms with Gasteiger partial charge in [0.2, 0.25) is 5.16 Å². The van der Waals surface area contributed by atoms with E-state index < -0.39 is 0 Å². The Bertz CT molecular complexity index is 1090. The van der Waals surface area contributed by atoms with Gasteiger partial charge >= 0.3 is 0 Å². The van der Waals surface area contributed by atoms with E-state index in [-0.39, 0.29) is 12.4 Å². The average molecular weight is 527 g/mol. The Morgan fingerprint density at radius 3 is 2.73 bits per heavy atom. The molecule has 0 spiro atoms. The Balaban J connectivity index is 0.00000256. The molecule has 0 aliphatic rings. The van der Waals surface area contributed by atoms with Crippen LogP contribution in [-0.4, -0.2) is 32.5 Å². The molecule has 0 saturated carbocycles. The molecule has 0 aliphatic carbocycles.